The van der Waals surface area contributed by atoms with Crippen LogP contribution in [0.4, 0.5) is 10.5 Å². The lowest BCUT2D eigenvalue weighted by Crippen LogP contribution is -2.54. The lowest BCUT2D eigenvalue weighted by molar-refractivity contribution is -0.136. The minimum atomic E-state index is -0.839. The van der Waals surface area contributed by atoms with Crippen LogP contribution in [0, 0.1) is 12.8 Å². The zero-order chi connectivity index (χ0) is 21.5. The van der Waals surface area contributed by atoms with Crippen molar-refractivity contribution in [1.29, 1.82) is 0 Å². The van der Waals surface area contributed by atoms with Crippen LogP contribution in [0.1, 0.15) is 51.6 Å². The summed E-state index contributed by atoms with van der Waals surface area (Å²) in [7, 11) is 0. The molecule has 4 rings (SSSR count). The number of carbonyl (C=O) groups is 3. The fourth-order valence-electron chi connectivity index (χ4n) is 4.99. The molecular formula is C23H30N4O3. The Morgan fingerprint density at radius 1 is 1.27 bits per heavy atom. The lowest BCUT2D eigenvalue weighted by atomic mass is 9.73. The summed E-state index contributed by atoms with van der Waals surface area (Å²) in [6.07, 6.45) is 4.57. The highest BCUT2D eigenvalue weighted by atomic mass is 16.2. The number of anilines is 1. The summed E-state index contributed by atoms with van der Waals surface area (Å²) in [4.78, 5) is 39.2. The van der Waals surface area contributed by atoms with Crippen LogP contribution in [0.2, 0.25) is 0 Å². The lowest BCUT2D eigenvalue weighted by Gasteiger charge is -2.36. The Bertz CT molecular complexity index is 1010. The van der Waals surface area contributed by atoms with E-state index < -0.39 is 11.6 Å². The highest BCUT2D eigenvalue weighted by Gasteiger charge is 2.55. The number of nitrogens with zero attached hydrogens (tertiary/aromatic N) is 2. The first-order chi connectivity index (χ1) is 14.4. The zero-order valence-electron chi connectivity index (χ0n) is 18.0. The van der Waals surface area contributed by atoms with Gasteiger partial charge in [-0.2, -0.15) is 0 Å². The Morgan fingerprint density at radius 3 is 2.80 bits per heavy atom. The van der Waals surface area contributed by atoms with Crippen molar-refractivity contribution < 1.29 is 14.4 Å². The molecule has 0 unspecified atom stereocenters. The normalized spacial score (nSPS) is 24.0. The van der Waals surface area contributed by atoms with Crippen molar-refractivity contribution in [2.75, 3.05) is 11.9 Å². The molecule has 7 heteroatoms. The summed E-state index contributed by atoms with van der Waals surface area (Å²) in [6.45, 7) is 6.91. The number of aryl methyl sites for hydroxylation is 2. The standard InChI is InChI=1S/C23H30N4O3/c1-4-11-26-16(3)12-17-13-18(8-9-19(17)26)24-20(28)14-27-21(29)23(25-22(27)30)10-6-5-7-15(23)2/h8-9,12-13,15H,4-7,10-11,14H2,1-3H3,(H,24,28)(H,25,30)/t15-,23-/m1/s1. The van der Waals surface area contributed by atoms with Crippen molar-refractivity contribution in [3.05, 3.63) is 30.0 Å². The van der Waals surface area contributed by atoms with Crippen LogP contribution in [0.15, 0.2) is 24.3 Å². The Balaban J connectivity index is 1.47. The van der Waals surface area contributed by atoms with Gasteiger partial charge in [0.05, 0.1) is 0 Å². The molecule has 2 fully saturated rings. The van der Waals surface area contributed by atoms with Crippen LogP contribution in [0.5, 0.6) is 0 Å². The first kappa shape index (κ1) is 20.4. The van der Waals surface area contributed by atoms with Crippen molar-refractivity contribution in [1.82, 2.24) is 14.8 Å². The number of rotatable bonds is 5. The predicted molar refractivity (Wildman–Crippen MR) is 116 cm³/mol. The van der Waals surface area contributed by atoms with Gasteiger partial charge in [0.1, 0.15) is 12.1 Å². The molecule has 2 aliphatic rings. The van der Waals surface area contributed by atoms with Gasteiger partial charge in [0, 0.05) is 28.8 Å². The van der Waals surface area contributed by atoms with Crippen LogP contribution in [-0.2, 0) is 16.1 Å². The zero-order valence-corrected chi connectivity index (χ0v) is 18.0. The molecule has 1 saturated carbocycles. The molecule has 0 bridgehead atoms. The molecule has 1 aliphatic heterocycles. The molecular weight excluding hydrogens is 380 g/mol. The fraction of sp³-hybridized carbons (Fsp3) is 0.522. The van der Waals surface area contributed by atoms with Crippen LogP contribution in [0.3, 0.4) is 0 Å². The largest absolute Gasteiger partial charge is 0.345 e. The molecule has 1 aliphatic carbocycles. The summed E-state index contributed by atoms with van der Waals surface area (Å²) in [5, 5.41) is 6.79. The van der Waals surface area contributed by atoms with E-state index in [-0.39, 0.29) is 24.3 Å². The predicted octanol–water partition coefficient (Wildman–Crippen LogP) is 3.80. The average Bonchev–Trinajstić information content (AvgIpc) is 3.13. The van der Waals surface area contributed by atoms with Gasteiger partial charge in [-0.05, 0) is 56.4 Å². The first-order valence-corrected chi connectivity index (χ1v) is 10.9. The van der Waals surface area contributed by atoms with Gasteiger partial charge in [-0.15, -0.1) is 0 Å². The number of amides is 4. The molecule has 2 N–H and O–H groups in total. The second-order valence-corrected chi connectivity index (χ2v) is 8.70. The van der Waals surface area contributed by atoms with Gasteiger partial charge in [0.25, 0.3) is 5.91 Å². The number of urea groups is 1. The quantitative estimate of drug-likeness (QED) is 0.736. The van der Waals surface area contributed by atoms with Gasteiger partial charge >= 0.3 is 6.03 Å². The monoisotopic (exact) mass is 410 g/mol. The van der Waals surface area contributed by atoms with Gasteiger partial charge in [-0.25, -0.2) is 4.79 Å². The van der Waals surface area contributed by atoms with Gasteiger partial charge in [0.15, 0.2) is 0 Å². The molecule has 30 heavy (non-hydrogen) atoms. The summed E-state index contributed by atoms with van der Waals surface area (Å²) in [5.74, 6) is -0.561. The SMILES string of the molecule is CCCn1c(C)cc2cc(NC(=O)CN3C(=O)N[C@@]4(CCCC[C@H]4C)C3=O)ccc21. The van der Waals surface area contributed by atoms with E-state index in [0.717, 1.165) is 48.0 Å². The van der Waals surface area contributed by atoms with Crippen LogP contribution >= 0.6 is 0 Å². The summed E-state index contributed by atoms with van der Waals surface area (Å²) >= 11 is 0. The number of imide groups is 1. The molecule has 160 valence electrons. The van der Waals surface area contributed by atoms with E-state index in [4.69, 9.17) is 0 Å². The van der Waals surface area contributed by atoms with Gasteiger partial charge in [-0.1, -0.05) is 26.7 Å². The van der Waals surface area contributed by atoms with Crippen LogP contribution < -0.4 is 10.6 Å². The van der Waals surface area contributed by atoms with Gasteiger partial charge in [0.2, 0.25) is 5.91 Å². The number of carbonyl (C=O) groups excluding carboxylic acids is 3. The molecule has 2 atom stereocenters. The third kappa shape index (κ3) is 3.36. The van der Waals surface area contributed by atoms with E-state index in [1.165, 1.54) is 5.69 Å². The van der Waals surface area contributed by atoms with E-state index in [2.05, 4.69) is 35.1 Å². The fourth-order valence-corrected chi connectivity index (χ4v) is 4.99. The topological polar surface area (TPSA) is 83.4 Å². The Kier molecular flexibility index (Phi) is 5.30. The maximum Gasteiger partial charge on any atom is 0.325 e. The van der Waals surface area contributed by atoms with E-state index >= 15 is 0 Å². The van der Waals surface area contributed by atoms with Crippen LogP contribution in [-0.4, -0.2) is 39.4 Å². The molecule has 1 spiro atoms. The highest BCUT2D eigenvalue weighted by Crippen LogP contribution is 2.38. The van der Waals surface area contributed by atoms with Gasteiger partial charge < -0.3 is 15.2 Å². The van der Waals surface area contributed by atoms with Crippen molar-refractivity contribution in [3.63, 3.8) is 0 Å². The number of aromatic nitrogens is 1. The summed E-state index contributed by atoms with van der Waals surface area (Å²) in [5.41, 5.74) is 2.14. The minimum absolute atomic E-state index is 0.0774. The molecule has 0 radical (unpaired) electrons. The molecule has 1 saturated heterocycles. The smallest absolute Gasteiger partial charge is 0.325 e. The Labute approximate surface area is 176 Å². The molecule has 2 aromatic rings. The second kappa shape index (κ2) is 7.78. The third-order valence-electron chi connectivity index (χ3n) is 6.64. The number of nitrogens with one attached hydrogen (secondary N) is 2. The molecule has 1 aromatic carbocycles. The van der Waals surface area contributed by atoms with E-state index in [0.29, 0.717) is 12.1 Å². The average molecular weight is 411 g/mol. The second-order valence-electron chi connectivity index (χ2n) is 8.70. The van der Waals surface area contributed by atoms with Crippen molar-refractivity contribution in [3.8, 4) is 0 Å². The first-order valence-electron chi connectivity index (χ1n) is 10.9. The molecule has 1 aromatic heterocycles. The van der Waals surface area contributed by atoms with E-state index in [1.807, 2.05) is 25.1 Å². The van der Waals surface area contributed by atoms with Crippen molar-refractivity contribution in [2.45, 2.75) is 65.0 Å². The minimum Gasteiger partial charge on any atom is -0.345 e. The maximum atomic E-state index is 13.0. The van der Waals surface area contributed by atoms with Gasteiger partial charge in [-0.3, -0.25) is 14.5 Å². The van der Waals surface area contributed by atoms with Crippen molar-refractivity contribution >= 4 is 34.4 Å². The van der Waals surface area contributed by atoms with E-state index in [9.17, 15) is 14.4 Å². The van der Waals surface area contributed by atoms with Crippen molar-refractivity contribution in [2.24, 2.45) is 5.92 Å². The Morgan fingerprint density at radius 2 is 2.07 bits per heavy atom. The number of benzene rings is 1. The number of hydrogen-bond donors (Lipinski definition) is 2. The summed E-state index contributed by atoms with van der Waals surface area (Å²) < 4.78 is 2.26. The summed E-state index contributed by atoms with van der Waals surface area (Å²) in [6, 6.07) is 7.43. The maximum absolute atomic E-state index is 13.0. The molecule has 4 amide bonds. The third-order valence-corrected chi connectivity index (χ3v) is 6.64. The number of hydrogen-bond acceptors (Lipinski definition) is 3. The van der Waals surface area contributed by atoms with E-state index in [1.54, 1.807) is 0 Å². The van der Waals surface area contributed by atoms with Crippen LogP contribution in [0.25, 0.3) is 10.9 Å². The highest BCUT2D eigenvalue weighted by molar-refractivity contribution is 6.10. The Hall–Kier alpha value is -2.83. The molecule has 7 nitrogen and oxygen atoms in total. The molecule has 2 heterocycles. The number of fused-ring (bicyclic) bond motifs is 1.